The minimum atomic E-state index is -0.712. The highest BCUT2D eigenvalue weighted by Gasteiger charge is 2.16. The topological polar surface area (TPSA) is 86.9 Å². The molecule has 0 aliphatic rings. The Balaban J connectivity index is 2.71. The number of primary amides is 1. The van der Waals surface area contributed by atoms with Gasteiger partial charge in [0.2, 0.25) is 0 Å². The summed E-state index contributed by atoms with van der Waals surface area (Å²) < 4.78 is 14.6. The number of aryl methyl sites for hydroxylation is 1. The van der Waals surface area contributed by atoms with Crippen molar-refractivity contribution in [3.63, 3.8) is 0 Å². The Morgan fingerprint density at radius 1 is 1.39 bits per heavy atom. The number of rotatable bonds is 2. The van der Waals surface area contributed by atoms with Crippen molar-refractivity contribution in [1.82, 2.24) is 9.78 Å². The smallest absolute Gasteiger partial charge is 0.250 e. The van der Waals surface area contributed by atoms with Gasteiger partial charge in [0.05, 0.1) is 28.3 Å². The SMILES string of the molecule is Cc1nn(-c2ccc(F)cc2C(N)=O)c(C)c1N. The van der Waals surface area contributed by atoms with Gasteiger partial charge in [0.25, 0.3) is 5.91 Å². The third-order valence-electron chi connectivity index (χ3n) is 2.80. The van der Waals surface area contributed by atoms with Crippen LogP contribution in [0.1, 0.15) is 21.7 Å². The number of carbonyl (C=O) groups excluding carboxylic acids is 1. The molecule has 4 N–H and O–H groups in total. The second kappa shape index (κ2) is 4.14. The molecule has 0 unspecified atom stereocenters. The Bertz CT molecular complexity index is 633. The Kier molecular flexibility index (Phi) is 2.78. The number of nitrogens with zero attached hydrogens (tertiary/aromatic N) is 2. The molecule has 0 radical (unpaired) electrons. The van der Waals surface area contributed by atoms with Crippen LogP contribution in [0.3, 0.4) is 0 Å². The summed E-state index contributed by atoms with van der Waals surface area (Å²) in [5.41, 5.74) is 13.4. The van der Waals surface area contributed by atoms with E-state index >= 15 is 0 Å². The van der Waals surface area contributed by atoms with Crippen LogP contribution in [-0.4, -0.2) is 15.7 Å². The van der Waals surface area contributed by atoms with Crippen molar-refractivity contribution < 1.29 is 9.18 Å². The lowest BCUT2D eigenvalue weighted by Gasteiger charge is -2.09. The summed E-state index contributed by atoms with van der Waals surface area (Å²) in [5, 5.41) is 4.21. The van der Waals surface area contributed by atoms with Crippen molar-refractivity contribution in [2.24, 2.45) is 5.73 Å². The molecule has 5 nitrogen and oxygen atoms in total. The van der Waals surface area contributed by atoms with E-state index in [2.05, 4.69) is 5.10 Å². The van der Waals surface area contributed by atoms with Gasteiger partial charge in [0.15, 0.2) is 0 Å². The number of amides is 1. The van der Waals surface area contributed by atoms with E-state index in [-0.39, 0.29) is 5.56 Å². The predicted molar refractivity (Wildman–Crippen MR) is 65.9 cm³/mol. The molecule has 1 aromatic heterocycles. The Morgan fingerprint density at radius 2 is 2.06 bits per heavy atom. The molecule has 2 aromatic rings. The maximum Gasteiger partial charge on any atom is 0.250 e. The molecule has 0 saturated carbocycles. The zero-order chi connectivity index (χ0) is 13.4. The van der Waals surface area contributed by atoms with Crippen molar-refractivity contribution in [2.45, 2.75) is 13.8 Å². The van der Waals surface area contributed by atoms with Crippen molar-refractivity contribution >= 4 is 11.6 Å². The quantitative estimate of drug-likeness (QED) is 0.840. The van der Waals surface area contributed by atoms with Crippen LogP contribution in [-0.2, 0) is 0 Å². The van der Waals surface area contributed by atoms with Gasteiger partial charge in [-0.1, -0.05) is 0 Å². The van der Waals surface area contributed by atoms with Crippen LogP contribution in [0.15, 0.2) is 18.2 Å². The Hall–Kier alpha value is -2.37. The minimum absolute atomic E-state index is 0.0700. The summed E-state index contributed by atoms with van der Waals surface area (Å²) in [6.45, 7) is 3.52. The molecule has 0 atom stereocenters. The van der Waals surface area contributed by atoms with Gasteiger partial charge >= 0.3 is 0 Å². The van der Waals surface area contributed by atoms with E-state index in [0.29, 0.717) is 22.8 Å². The molecular formula is C12H13FN4O. The van der Waals surface area contributed by atoms with E-state index in [9.17, 15) is 9.18 Å². The molecule has 2 rings (SSSR count). The number of anilines is 1. The van der Waals surface area contributed by atoms with Gasteiger partial charge in [-0.25, -0.2) is 9.07 Å². The van der Waals surface area contributed by atoms with Gasteiger partial charge in [-0.2, -0.15) is 5.10 Å². The van der Waals surface area contributed by atoms with E-state index < -0.39 is 11.7 Å². The fourth-order valence-electron chi connectivity index (χ4n) is 1.78. The molecule has 0 bridgehead atoms. The molecule has 1 amide bonds. The second-order valence-corrected chi connectivity index (χ2v) is 4.02. The van der Waals surface area contributed by atoms with Crippen LogP contribution in [0, 0.1) is 19.7 Å². The maximum absolute atomic E-state index is 13.1. The van der Waals surface area contributed by atoms with Crippen molar-refractivity contribution in [3.8, 4) is 5.69 Å². The third kappa shape index (κ3) is 1.81. The third-order valence-corrected chi connectivity index (χ3v) is 2.80. The van der Waals surface area contributed by atoms with Crippen LogP contribution >= 0.6 is 0 Å². The number of hydrogen-bond acceptors (Lipinski definition) is 3. The highest BCUT2D eigenvalue weighted by atomic mass is 19.1. The molecule has 0 aliphatic heterocycles. The average molecular weight is 248 g/mol. The van der Waals surface area contributed by atoms with Crippen molar-refractivity contribution in [3.05, 3.63) is 41.0 Å². The fourth-order valence-corrected chi connectivity index (χ4v) is 1.78. The van der Waals surface area contributed by atoms with E-state index in [1.807, 2.05) is 0 Å². The lowest BCUT2D eigenvalue weighted by Crippen LogP contribution is -2.16. The molecule has 1 aromatic carbocycles. The number of nitrogens with two attached hydrogens (primary N) is 2. The lowest BCUT2D eigenvalue weighted by atomic mass is 10.1. The van der Waals surface area contributed by atoms with Crippen LogP contribution in [0.5, 0.6) is 0 Å². The molecule has 94 valence electrons. The monoisotopic (exact) mass is 248 g/mol. The summed E-state index contributed by atoms with van der Waals surface area (Å²) in [7, 11) is 0. The van der Waals surface area contributed by atoms with Gasteiger partial charge in [0.1, 0.15) is 5.82 Å². The zero-order valence-corrected chi connectivity index (χ0v) is 10.1. The summed E-state index contributed by atoms with van der Waals surface area (Å²) in [6, 6.07) is 3.78. The molecule has 0 fully saturated rings. The molecule has 6 heteroatoms. The number of benzene rings is 1. The van der Waals surface area contributed by atoms with Gasteiger partial charge in [0, 0.05) is 0 Å². The first kappa shape index (κ1) is 12.1. The maximum atomic E-state index is 13.1. The molecule has 1 heterocycles. The van der Waals surface area contributed by atoms with E-state index in [1.54, 1.807) is 13.8 Å². The number of hydrogen-bond donors (Lipinski definition) is 2. The fraction of sp³-hybridized carbons (Fsp3) is 0.167. The molecule has 18 heavy (non-hydrogen) atoms. The van der Waals surface area contributed by atoms with Crippen LogP contribution in [0.25, 0.3) is 5.69 Å². The molecule has 0 saturated heterocycles. The first-order valence-electron chi connectivity index (χ1n) is 5.33. The number of nitrogen functional groups attached to an aromatic ring is 1. The molecule has 0 spiro atoms. The van der Waals surface area contributed by atoms with Crippen molar-refractivity contribution in [1.29, 1.82) is 0 Å². The average Bonchev–Trinajstić information content (AvgIpc) is 2.57. The lowest BCUT2D eigenvalue weighted by molar-refractivity contribution is 0.0999. The Labute approximate surface area is 103 Å². The van der Waals surface area contributed by atoms with Crippen LogP contribution in [0.4, 0.5) is 10.1 Å². The van der Waals surface area contributed by atoms with E-state index in [4.69, 9.17) is 11.5 Å². The Morgan fingerprint density at radius 3 is 2.56 bits per heavy atom. The normalized spacial score (nSPS) is 10.6. The van der Waals surface area contributed by atoms with E-state index in [0.717, 1.165) is 6.07 Å². The predicted octanol–water partition coefficient (Wildman–Crippen LogP) is 1.31. The first-order chi connectivity index (χ1) is 8.41. The number of halogens is 1. The molecular weight excluding hydrogens is 235 g/mol. The first-order valence-corrected chi connectivity index (χ1v) is 5.33. The van der Waals surface area contributed by atoms with Gasteiger partial charge < -0.3 is 11.5 Å². The van der Waals surface area contributed by atoms with Crippen LogP contribution < -0.4 is 11.5 Å². The van der Waals surface area contributed by atoms with Crippen molar-refractivity contribution in [2.75, 3.05) is 5.73 Å². The minimum Gasteiger partial charge on any atom is -0.396 e. The summed E-state index contributed by atoms with van der Waals surface area (Å²) in [5.74, 6) is -1.24. The number of aromatic nitrogens is 2. The summed E-state index contributed by atoms with van der Waals surface area (Å²) in [4.78, 5) is 11.3. The second-order valence-electron chi connectivity index (χ2n) is 4.02. The van der Waals surface area contributed by atoms with Gasteiger partial charge in [-0.05, 0) is 32.0 Å². The van der Waals surface area contributed by atoms with E-state index in [1.165, 1.54) is 16.8 Å². The standard InChI is InChI=1S/C12H13FN4O/c1-6-11(14)7(2)17(16-6)10-4-3-8(13)5-9(10)12(15)18/h3-5H,14H2,1-2H3,(H2,15,18). The van der Waals surface area contributed by atoms with Gasteiger partial charge in [-0.15, -0.1) is 0 Å². The largest absolute Gasteiger partial charge is 0.396 e. The highest BCUT2D eigenvalue weighted by Crippen LogP contribution is 2.22. The zero-order valence-electron chi connectivity index (χ0n) is 10.1. The summed E-state index contributed by atoms with van der Waals surface area (Å²) in [6.07, 6.45) is 0. The summed E-state index contributed by atoms with van der Waals surface area (Å²) >= 11 is 0. The number of carbonyl (C=O) groups is 1. The van der Waals surface area contributed by atoms with Crippen LogP contribution in [0.2, 0.25) is 0 Å². The highest BCUT2D eigenvalue weighted by molar-refractivity contribution is 5.96. The molecule has 0 aliphatic carbocycles. The van der Waals surface area contributed by atoms with Gasteiger partial charge in [-0.3, -0.25) is 4.79 Å².